The van der Waals surface area contributed by atoms with Crippen molar-refractivity contribution in [3.8, 4) is 0 Å². The second-order valence-electron chi connectivity index (χ2n) is 4.49. The molecule has 100 valence electrons. The van der Waals surface area contributed by atoms with E-state index < -0.39 is 10.0 Å². The number of piperazine rings is 1. The molecular weight excluding hydrogens is 274 g/mol. The number of pyridine rings is 1. The average Bonchev–Trinajstić information content (AvgIpc) is 2.33. The van der Waals surface area contributed by atoms with Crippen LogP contribution in [0.2, 0.25) is 5.15 Å². The minimum absolute atomic E-state index is 0.217. The predicted molar refractivity (Wildman–Crippen MR) is 70.2 cm³/mol. The molecule has 1 aromatic heterocycles. The predicted octanol–water partition coefficient (Wildman–Crippen LogP) is 0.980. The Morgan fingerprint density at radius 2 is 1.89 bits per heavy atom. The largest absolute Gasteiger partial charge is 0.304 e. The van der Waals surface area contributed by atoms with Crippen LogP contribution in [0.4, 0.5) is 0 Å². The summed E-state index contributed by atoms with van der Waals surface area (Å²) >= 11 is 5.81. The molecule has 0 spiro atoms. The SMILES string of the molecule is Cc1cc(S(=O)(=O)N2CCN(C)CC2)cnc1Cl. The lowest BCUT2D eigenvalue weighted by Crippen LogP contribution is -2.47. The van der Waals surface area contributed by atoms with Crippen molar-refractivity contribution in [2.75, 3.05) is 33.2 Å². The topological polar surface area (TPSA) is 53.5 Å². The number of likely N-dealkylation sites (N-methyl/N-ethyl adjacent to an activating group) is 1. The third-order valence-electron chi connectivity index (χ3n) is 3.09. The van der Waals surface area contributed by atoms with Crippen molar-refractivity contribution in [1.82, 2.24) is 14.2 Å². The highest BCUT2D eigenvalue weighted by molar-refractivity contribution is 7.89. The van der Waals surface area contributed by atoms with Gasteiger partial charge in [-0.2, -0.15) is 4.31 Å². The van der Waals surface area contributed by atoms with Crippen molar-refractivity contribution in [3.63, 3.8) is 0 Å². The molecule has 0 unspecified atom stereocenters. The number of aromatic nitrogens is 1. The monoisotopic (exact) mass is 289 g/mol. The zero-order valence-corrected chi connectivity index (χ0v) is 12.0. The third-order valence-corrected chi connectivity index (χ3v) is 5.35. The summed E-state index contributed by atoms with van der Waals surface area (Å²) in [6.07, 6.45) is 1.32. The summed E-state index contributed by atoms with van der Waals surface area (Å²) in [6.45, 7) is 4.28. The van der Waals surface area contributed by atoms with Gasteiger partial charge in [-0.05, 0) is 25.6 Å². The molecule has 5 nitrogen and oxygen atoms in total. The number of rotatable bonds is 2. The maximum absolute atomic E-state index is 12.4. The van der Waals surface area contributed by atoms with Crippen molar-refractivity contribution in [1.29, 1.82) is 0 Å². The fourth-order valence-corrected chi connectivity index (χ4v) is 3.41. The van der Waals surface area contributed by atoms with E-state index in [9.17, 15) is 8.42 Å². The normalized spacial score (nSPS) is 19.1. The summed E-state index contributed by atoms with van der Waals surface area (Å²) in [5, 5.41) is 0.340. The lowest BCUT2D eigenvalue weighted by atomic mass is 10.3. The molecule has 0 N–H and O–H groups in total. The smallest absolute Gasteiger partial charge is 0.244 e. The number of hydrogen-bond acceptors (Lipinski definition) is 4. The zero-order valence-electron chi connectivity index (χ0n) is 10.4. The molecule has 0 atom stereocenters. The quantitative estimate of drug-likeness (QED) is 0.762. The Morgan fingerprint density at radius 1 is 1.28 bits per heavy atom. The fraction of sp³-hybridized carbons (Fsp3) is 0.545. The van der Waals surface area contributed by atoms with E-state index in [0.29, 0.717) is 23.8 Å². The Balaban J connectivity index is 2.27. The van der Waals surface area contributed by atoms with Crippen molar-refractivity contribution in [2.45, 2.75) is 11.8 Å². The van der Waals surface area contributed by atoms with Gasteiger partial charge >= 0.3 is 0 Å². The van der Waals surface area contributed by atoms with E-state index in [1.807, 2.05) is 7.05 Å². The molecule has 0 bridgehead atoms. The Hall–Kier alpha value is -0.690. The molecule has 0 radical (unpaired) electrons. The van der Waals surface area contributed by atoms with Crippen LogP contribution in [0, 0.1) is 6.92 Å². The Bertz CT molecular complexity index is 539. The van der Waals surface area contributed by atoms with Crippen molar-refractivity contribution in [3.05, 3.63) is 23.0 Å². The van der Waals surface area contributed by atoms with Gasteiger partial charge in [0.25, 0.3) is 0 Å². The summed E-state index contributed by atoms with van der Waals surface area (Å²) in [4.78, 5) is 6.23. The Labute approximate surface area is 112 Å². The first-order chi connectivity index (χ1) is 8.41. The van der Waals surface area contributed by atoms with Crippen LogP contribution in [-0.4, -0.2) is 55.8 Å². The van der Waals surface area contributed by atoms with E-state index in [1.54, 1.807) is 13.0 Å². The van der Waals surface area contributed by atoms with Crippen LogP contribution < -0.4 is 0 Å². The van der Waals surface area contributed by atoms with Gasteiger partial charge in [0.2, 0.25) is 10.0 Å². The molecule has 0 amide bonds. The fourth-order valence-electron chi connectivity index (χ4n) is 1.85. The number of nitrogens with zero attached hydrogens (tertiary/aromatic N) is 3. The number of aryl methyl sites for hydroxylation is 1. The first kappa shape index (κ1) is 13.7. The molecule has 0 saturated carbocycles. The molecule has 1 aliphatic rings. The number of sulfonamides is 1. The second kappa shape index (κ2) is 5.13. The molecule has 18 heavy (non-hydrogen) atoms. The molecule has 2 heterocycles. The van der Waals surface area contributed by atoms with Gasteiger partial charge in [-0.1, -0.05) is 11.6 Å². The summed E-state index contributed by atoms with van der Waals surface area (Å²) < 4.78 is 26.3. The van der Waals surface area contributed by atoms with Crippen LogP contribution >= 0.6 is 11.6 Å². The first-order valence-electron chi connectivity index (χ1n) is 5.72. The molecule has 0 aromatic carbocycles. The van der Waals surface area contributed by atoms with Crippen LogP contribution in [0.5, 0.6) is 0 Å². The van der Waals surface area contributed by atoms with E-state index in [-0.39, 0.29) is 4.90 Å². The minimum atomic E-state index is -3.44. The van der Waals surface area contributed by atoms with Gasteiger partial charge < -0.3 is 4.90 Å². The third kappa shape index (κ3) is 2.66. The highest BCUT2D eigenvalue weighted by Crippen LogP contribution is 2.20. The van der Waals surface area contributed by atoms with Gasteiger partial charge in [0, 0.05) is 32.4 Å². The van der Waals surface area contributed by atoms with Crippen LogP contribution in [0.25, 0.3) is 0 Å². The Kier molecular flexibility index (Phi) is 3.91. The van der Waals surface area contributed by atoms with Gasteiger partial charge in [-0.25, -0.2) is 13.4 Å². The van der Waals surface area contributed by atoms with E-state index in [0.717, 1.165) is 13.1 Å². The van der Waals surface area contributed by atoms with Gasteiger partial charge in [-0.15, -0.1) is 0 Å². The van der Waals surface area contributed by atoms with E-state index >= 15 is 0 Å². The van der Waals surface area contributed by atoms with Gasteiger partial charge in [0.15, 0.2) is 0 Å². The number of halogens is 1. The second-order valence-corrected chi connectivity index (χ2v) is 6.78. The van der Waals surface area contributed by atoms with Gasteiger partial charge in [0.1, 0.15) is 10.0 Å². The standard InChI is InChI=1S/C11H16ClN3O2S/c1-9-7-10(8-13-11(9)12)18(16,17)15-5-3-14(2)4-6-15/h7-8H,3-6H2,1-2H3. The van der Waals surface area contributed by atoms with E-state index in [4.69, 9.17) is 11.6 Å². The Morgan fingerprint density at radius 3 is 2.44 bits per heavy atom. The summed E-state index contributed by atoms with van der Waals surface area (Å²) in [6, 6.07) is 1.57. The molecule has 2 rings (SSSR count). The van der Waals surface area contributed by atoms with Gasteiger partial charge in [0.05, 0.1) is 0 Å². The molecule has 7 heteroatoms. The van der Waals surface area contributed by atoms with E-state index in [2.05, 4.69) is 9.88 Å². The molecular formula is C11H16ClN3O2S. The summed E-state index contributed by atoms with van der Waals surface area (Å²) in [5.74, 6) is 0. The molecule has 0 aliphatic carbocycles. The van der Waals surface area contributed by atoms with Crippen LogP contribution in [0.15, 0.2) is 17.2 Å². The molecule has 1 aromatic rings. The highest BCUT2D eigenvalue weighted by Gasteiger charge is 2.27. The summed E-state index contributed by atoms with van der Waals surface area (Å²) in [5.41, 5.74) is 0.673. The maximum Gasteiger partial charge on any atom is 0.244 e. The molecule has 1 aliphatic heterocycles. The maximum atomic E-state index is 12.4. The van der Waals surface area contributed by atoms with Crippen molar-refractivity contribution < 1.29 is 8.42 Å². The zero-order chi connectivity index (χ0) is 13.3. The van der Waals surface area contributed by atoms with E-state index in [1.165, 1.54) is 10.5 Å². The minimum Gasteiger partial charge on any atom is -0.304 e. The summed E-state index contributed by atoms with van der Waals surface area (Å²) in [7, 11) is -1.46. The van der Waals surface area contributed by atoms with Crippen LogP contribution in [0.1, 0.15) is 5.56 Å². The van der Waals surface area contributed by atoms with Crippen LogP contribution in [-0.2, 0) is 10.0 Å². The van der Waals surface area contributed by atoms with Crippen LogP contribution in [0.3, 0.4) is 0 Å². The lowest BCUT2D eigenvalue weighted by Gasteiger charge is -2.31. The molecule has 1 saturated heterocycles. The van der Waals surface area contributed by atoms with Gasteiger partial charge in [-0.3, -0.25) is 0 Å². The first-order valence-corrected chi connectivity index (χ1v) is 7.54. The number of hydrogen-bond donors (Lipinski definition) is 0. The van der Waals surface area contributed by atoms with Crippen molar-refractivity contribution >= 4 is 21.6 Å². The average molecular weight is 290 g/mol. The van der Waals surface area contributed by atoms with Crippen molar-refractivity contribution in [2.24, 2.45) is 0 Å². The highest BCUT2D eigenvalue weighted by atomic mass is 35.5. The molecule has 1 fully saturated rings. The lowest BCUT2D eigenvalue weighted by molar-refractivity contribution is 0.222.